The number of hydrogen-bond donors (Lipinski definition) is 3. The maximum atomic E-state index is 12.0. The van der Waals surface area contributed by atoms with Crippen molar-refractivity contribution in [2.75, 3.05) is 12.3 Å². The van der Waals surface area contributed by atoms with Crippen LogP contribution in [0.5, 0.6) is 0 Å². The monoisotopic (exact) mass is 386 g/mol. The minimum absolute atomic E-state index is 0.0638. The summed E-state index contributed by atoms with van der Waals surface area (Å²) in [5, 5.41) is 10.5. The summed E-state index contributed by atoms with van der Waals surface area (Å²) in [4.78, 5) is 14.1. The first-order valence-corrected chi connectivity index (χ1v) is 10.5. The molecule has 3 aliphatic rings. The molecule has 0 aliphatic carbocycles. The van der Waals surface area contributed by atoms with E-state index in [9.17, 15) is 4.79 Å². The molecule has 0 aromatic heterocycles. The molecule has 1 saturated heterocycles. The Bertz CT molecular complexity index is 724. The number of unbranched alkanes of at least 4 members (excludes halogenated alkanes) is 1. The summed E-state index contributed by atoms with van der Waals surface area (Å²) >= 11 is 1.48. The van der Waals surface area contributed by atoms with Crippen molar-refractivity contribution < 1.29 is 4.79 Å². The van der Waals surface area contributed by atoms with Crippen LogP contribution < -0.4 is 16.2 Å². The number of rotatable bonds is 6. The second-order valence-corrected chi connectivity index (χ2v) is 7.91. The van der Waals surface area contributed by atoms with E-state index in [0.29, 0.717) is 11.8 Å². The molecule has 3 heterocycles. The van der Waals surface area contributed by atoms with E-state index in [1.165, 1.54) is 17.3 Å². The quantitative estimate of drug-likeness (QED) is 0.649. The van der Waals surface area contributed by atoms with Crippen LogP contribution in [-0.2, 0) is 4.79 Å². The van der Waals surface area contributed by atoms with Crippen LogP contribution in [0.3, 0.4) is 0 Å². The van der Waals surface area contributed by atoms with Gasteiger partial charge in [-0.2, -0.15) is 5.10 Å². The van der Waals surface area contributed by atoms with Gasteiger partial charge in [0, 0.05) is 18.9 Å². The number of nitrogens with one attached hydrogen (secondary N) is 3. The summed E-state index contributed by atoms with van der Waals surface area (Å²) in [6.07, 6.45) is 7.27. The van der Waals surface area contributed by atoms with Crippen molar-refractivity contribution in [1.82, 2.24) is 26.1 Å². The van der Waals surface area contributed by atoms with Gasteiger partial charge in [0.05, 0.1) is 17.8 Å². The molecule has 3 unspecified atom stereocenters. The molecule has 8 heteroatoms. The van der Waals surface area contributed by atoms with Gasteiger partial charge in [0.15, 0.2) is 5.17 Å². The number of thioether (sulfide) groups is 1. The van der Waals surface area contributed by atoms with E-state index in [-0.39, 0.29) is 18.1 Å². The second-order valence-electron chi connectivity index (χ2n) is 6.97. The Hall–Kier alpha value is -2.19. The lowest BCUT2D eigenvalue weighted by molar-refractivity contribution is -0.118. The highest BCUT2D eigenvalue weighted by Crippen LogP contribution is 2.34. The van der Waals surface area contributed by atoms with Gasteiger partial charge in [-0.1, -0.05) is 55.4 Å². The average molecular weight is 387 g/mol. The maximum Gasteiger partial charge on any atom is 0.230 e. The first-order chi connectivity index (χ1) is 13.3. The lowest BCUT2D eigenvalue weighted by Gasteiger charge is -2.36. The summed E-state index contributed by atoms with van der Waals surface area (Å²) in [5.41, 5.74) is 8.13. The number of hydrazine groups is 1. The molecule has 1 fully saturated rings. The molecule has 27 heavy (non-hydrogen) atoms. The van der Waals surface area contributed by atoms with E-state index in [2.05, 4.69) is 68.6 Å². The molecule has 4 rings (SSSR count). The number of benzene rings is 1. The number of fused-ring (bicyclic) bond motifs is 3. The number of amides is 1. The molecule has 1 aromatic rings. The summed E-state index contributed by atoms with van der Waals surface area (Å²) in [7, 11) is 0. The van der Waals surface area contributed by atoms with Crippen LogP contribution in [0.4, 0.5) is 0 Å². The molecule has 0 bridgehead atoms. The Labute approximate surface area is 164 Å². The van der Waals surface area contributed by atoms with E-state index in [0.717, 1.165) is 31.0 Å². The Morgan fingerprint density at radius 1 is 1.33 bits per heavy atom. The fraction of sp³-hybridized carbons (Fsp3) is 0.474. The zero-order valence-electron chi connectivity index (χ0n) is 15.5. The van der Waals surface area contributed by atoms with Gasteiger partial charge in [-0.3, -0.25) is 10.2 Å². The third kappa shape index (κ3) is 3.91. The topological polar surface area (TPSA) is 72.0 Å². The fourth-order valence-corrected chi connectivity index (χ4v) is 4.44. The van der Waals surface area contributed by atoms with E-state index in [1.54, 1.807) is 0 Å². The van der Waals surface area contributed by atoms with Gasteiger partial charge >= 0.3 is 0 Å². The predicted molar refractivity (Wildman–Crippen MR) is 108 cm³/mol. The minimum Gasteiger partial charge on any atom is -0.355 e. The number of amidine groups is 1. The van der Waals surface area contributed by atoms with Gasteiger partial charge in [0.1, 0.15) is 6.17 Å². The third-order valence-electron chi connectivity index (χ3n) is 5.09. The van der Waals surface area contributed by atoms with Crippen molar-refractivity contribution in [3.63, 3.8) is 0 Å². The Kier molecular flexibility index (Phi) is 5.54. The highest BCUT2D eigenvalue weighted by Gasteiger charge is 2.44. The van der Waals surface area contributed by atoms with Crippen LogP contribution in [0.2, 0.25) is 0 Å². The van der Waals surface area contributed by atoms with Crippen LogP contribution in [0.15, 0.2) is 47.8 Å². The molecule has 144 valence electrons. The third-order valence-corrected chi connectivity index (χ3v) is 6.06. The SMILES string of the molecule is CCCCNC(=O)CSC1=NNC2C3CC(c4ccccc4)NN3C=CN12. The van der Waals surface area contributed by atoms with Crippen molar-refractivity contribution in [3.8, 4) is 0 Å². The van der Waals surface area contributed by atoms with Gasteiger partial charge in [-0.15, -0.1) is 0 Å². The summed E-state index contributed by atoms with van der Waals surface area (Å²) in [5.74, 6) is 0.453. The molecule has 3 atom stereocenters. The Balaban J connectivity index is 1.33. The zero-order chi connectivity index (χ0) is 18.6. The standard InChI is InChI=1S/C19H26N6OS/c1-2-3-9-20-17(26)13-27-19-22-21-18-16-12-15(14-7-5-4-6-8-14)23-25(16)11-10-24(18)19/h4-8,10-11,15-16,18,21,23H,2-3,9,12-13H2,1H3,(H,20,26). The number of hydrogen-bond acceptors (Lipinski definition) is 7. The predicted octanol–water partition coefficient (Wildman–Crippen LogP) is 1.94. The second kappa shape index (κ2) is 8.22. The van der Waals surface area contributed by atoms with Crippen molar-refractivity contribution in [3.05, 3.63) is 48.3 Å². The number of carbonyl (C=O) groups is 1. The van der Waals surface area contributed by atoms with Crippen LogP contribution in [0.1, 0.15) is 37.8 Å². The van der Waals surface area contributed by atoms with Crippen molar-refractivity contribution >= 4 is 22.8 Å². The lowest BCUT2D eigenvalue weighted by Crippen LogP contribution is -2.54. The summed E-state index contributed by atoms with van der Waals surface area (Å²) in [6, 6.07) is 11.1. The molecule has 0 saturated carbocycles. The van der Waals surface area contributed by atoms with Gasteiger partial charge in [0.2, 0.25) is 5.91 Å². The molecular weight excluding hydrogens is 360 g/mol. The smallest absolute Gasteiger partial charge is 0.230 e. The van der Waals surface area contributed by atoms with Crippen LogP contribution in [0.25, 0.3) is 0 Å². The normalized spacial score (nSPS) is 25.7. The van der Waals surface area contributed by atoms with E-state index < -0.39 is 0 Å². The molecule has 1 aromatic carbocycles. The highest BCUT2D eigenvalue weighted by molar-refractivity contribution is 8.14. The summed E-state index contributed by atoms with van der Waals surface area (Å²) in [6.45, 7) is 2.86. The van der Waals surface area contributed by atoms with Gasteiger partial charge < -0.3 is 15.2 Å². The highest BCUT2D eigenvalue weighted by atomic mass is 32.2. The van der Waals surface area contributed by atoms with E-state index in [1.807, 2.05) is 12.3 Å². The van der Waals surface area contributed by atoms with E-state index >= 15 is 0 Å². The van der Waals surface area contributed by atoms with Crippen molar-refractivity contribution in [2.45, 2.75) is 44.4 Å². The molecular formula is C19H26N6OS. The zero-order valence-corrected chi connectivity index (χ0v) is 16.3. The molecule has 0 spiro atoms. The Morgan fingerprint density at radius 2 is 2.19 bits per heavy atom. The summed E-state index contributed by atoms with van der Waals surface area (Å²) < 4.78 is 0. The maximum absolute atomic E-state index is 12.0. The first-order valence-electron chi connectivity index (χ1n) is 9.55. The van der Waals surface area contributed by atoms with Crippen molar-refractivity contribution in [1.29, 1.82) is 0 Å². The Morgan fingerprint density at radius 3 is 3.00 bits per heavy atom. The largest absolute Gasteiger partial charge is 0.355 e. The molecule has 0 radical (unpaired) electrons. The molecule has 3 aliphatic heterocycles. The average Bonchev–Trinajstić information content (AvgIpc) is 3.31. The van der Waals surface area contributed by atoms with E-state index in [4.69, 9.17) is 0 Å². The molecule has 3 N–H and O–H groups in total. The number of carbonyl (C=O) groups excluding carboxylic acids is 1. The fourth-order valence-electron chi connectivity index (χ4n) is 3.64. The first kappa shape index (κ1) is 18.2. The lowest BCUT2D eigenvalue weighted by atomic mass is 10.00. The van der Waals surface area contributed by atoms with Gasteiger partial charge in [-0.25, -0.2) is 5.43 Å². The van der Waals surface area contributed by atoms with Gasteiger partial charge in [0.25, 0.3) is 0 Å². The van der Waals surface area contributed by atoms with Crippen molar-refractivity contribution in [2.24, 2.45) is 5.10 Å². The molecule has 1 amide bonds. The van der Waals surface area contributed by atoms with Crippen LogP contribution in [-0.4, -0.2) is 45.5 Å². The van der Waals surface area contributed by atoms with Gasteiger partial charge in [-0.05, 0) is 18.4 Å². The van der Waals surface area contributed by atoms with Crippen LogP contribution >= 0.6 is 11.8 Å². The molecule has 7 nitrogen and oxygen atoms in total. The number of nitrogens with zero attached hydrogens (tertiary/aromatic N) is 3. The van der Waals surface area contributed by atoms with Crippen LogP contribution in [0, 0.1) is 0 Å². The minimum atomic E-state index is 0.0638. The number of hydrazone groups is 1.